The topological polar surface area (TPSA) is 111 Å². The van der Waals surface area contributed by atoms with Crippen molar-refractivity contribution in [2.24, 2.45) is 5.10 Å². The van der Waals surface area contributed by atoms with Gasteiger partial charge < -0.3 is 0 Å². The fourth-order valence-electron chi connectivity index (χ4n) is 1.40. The lowest BCUT2D eigenvalue weighted by Crippen LogP contribution is -2.02. The van der Waals surface area contributed by atoms with Gasteiger partial charge in [-0.1, -0.05) is 12.8 Å². The summed E-state index contributed by atoms with van der Waals surface area (Å²) >= 11 is 0. The number of nitrogens with one attached hydrogen (secondary N) is 1. The van der Waals surface area contributed by atoms with Gasteiger partial charge in [-0.2, -0.15) is 5.10 Å². The maximum Gasteiger partial charge on any atom is 0.301 e. The number of anilines is 1. The average Bonchev–Trinajstić information content (AvgIpc) is 2.42. The van der Waals surface area contributed by atoms with Crippen molar-refractivity contribution in [1.82, 2.24) is 0 Å². The molecule has 0 atom stereocenters. The molecule has 0 heterocycles. The van der Waals surface area contributed by atoms with Crippen molar-refractivity contribution in [3.05, 3.63) is 38.4 Å². The maximum atomic E-state index is 10.9. The normalized spacial score (nSPS) is 10.7. The van der Waals surface area contributed by atoms with Gasteiger partial charge in [-0.25, -0.2) is 0 Å². The second-order valence-corrected chi connectivity index (χ2v) is 3.78. The Morgan fingerprint density at radius 1 is 1.40 bits per heavy atom. The number of nitrogens with zero attached hydrogens (tertiary/aromatic N) is 3. The van der Waals surface area contributed by atoms with Crippen LogP contribution in [-0.4, -0.2) is 15.6 Å². The summed E-state index contributed by atoms with van der Waals surface area (Å²) in [6.07, 6.45) is 6.59. The lowest BCUT2D eigenvalue weighted by atomic mass is 10.2. The van der Waals surface area contributed by atoms with Crippen molar-refractivity contribution in [2.45, 2.75) is 19.8 Å². The number of non-ortho nitro benzene ring substituents is 1. The molecule has 0 aliphatic carbocycles. The Labute approximate surface area is 114 Å². The number of hydrogen-bond donors (Lipinski definition) is 1. The molecule has 0 saturated carbocycles. The molecule has 0 unspecified atom stereocenters. The Kier molecular flexibility index (Phi) is 5.17. The van der Waals surface area contributed by atoms with E-state index in [1.54, 1.807) is 0 Å². The summed E-state index contributed by atoms with van der Waals surface area (Å²) in [7, 11) is 0. The van der Waals surface area contributed by atoms with Crippen LogP contribution in [0.2, 0.25) is 0 Å². The summed E-state index contributed by atoms with van der Waals surface area (Å²) < 4.78 is 0. The Morgan fingerprint density at radius 2 is 2.10 bits per heavy atom. The van der Waals surface area contributed by atoms with Gasteiger partial charge in [0, 0.05) is 6.07 Å². The zero-order valence-electron chi connectivity index (χ0n) is 10.7. The monoisotopic (exact) mass is 276 g/mol. The van der Waals surface area contributed by atoms with Crippen LogP contribution in [0.5, 0.6) is 0 Å². The van der Waals surface area contributed by atoms with E-state index < -0.39 is 15.5 Å². The molecule has 8 nitrogen and oxygen atoms in total. The molecule has 0 fully saturated rings. The van der Waals surface area contributed by atoms with E-state index in [1.165, 1.54) is 6.07 Å². The highest BCUT2D eigenvalue weighted by atomic mass is 16.6. The van der Waals surface area contributed by atoms with Crippen LogP contribution in [0.4, 0.5) is 17.1 Å². The molecule has 1 aromatic carbocycles. The molecule has 1 aromatic rings. The van der Waals surface area contributed by atoms with E-state index in [-0.39, 0.29) is 11.4 Å². The maximum absolute atomic E-state index is 10.9. The summed E-state index contributed by atoms with van der Waals surface area (Å²) in [6.45, 7) is 1.92. The third kappa shape index (κ3) is 3.78. The van der Waals surface area contributed by atoms with Crippen LogP contribution in [0.25, 0.3) is 0 Å². The molecule has 0 aliphatic rings. The number of nitro groups is 2. The van der Waals surface area contributed by atoms with Gasteiger partial charge in [-0.15, -0.1) is 6.42 Å². The van der Waals surface area contributed by atoms with E-state index >= 15 is 0 Å². The molecule has 0 aliphatic heterocycles. The number of hydrogen-bond acceptors (Lipinski definition) is 6. The minimum absolute atomic E-state index is 0.0458. The van der Waals surface area contributed by atoms with Crippen molar-refractivity contribution < 1.29 is 9.85 Å². The van der Waals surface area contributed by atoms with E-state index in [0.29, 0.717) is 12.1 Å². The lowest BCUT2D eigenvalue weighted by molar-refractivity contribution is -0.393. The minimum atomic E-state index is -0.722. The van der Waals surface area contributed by atoms with Crippen molar-refractivity contribution >= 4 is 22.8 Å². The summed E-state index contributed by atoms with van der Waals surface area (Å²) in [6, 6.07) is 3.24. The molecular formula is C12H12N4O4. The number of terminal acetylenes is 1. The summed E-state index contributed by atoms with van der Waals surface area (Å²) in [5.41, 5.74) is 2.14. The zero-order chi connectivity index (χ0) is 15.1. The molecule has 0 saturated heterocycles. The Bertz CT molecular complexity index is 604. The van der Waals surface area contributed by atoms with Crippen LogP contribution in [0.15, 0.2) is 23.3 Å². The number of nitro benzene ring substituents is 2. The van der Waals surface area contributed by atoms with Crippen LogP contribution in [0.1, 0.15) is 19.8 Å². The summed E-state index contributed by atoms with van der Waals surface area (Å²) in [5.74, 6) is 2.36. The summed E-state index contributed by atoms with van der Waals surface area (Å²) in [4.78, 5) is 20.1. The number of rotatable bonds is 6. The second-order valence-electron chi connectivity index (χ2n) is 3.78. The highest BCUT2D eigenvalue weighted by molar-refractivity contribution is 6.00. The Morgan fingerprint density at radius 3 is 2.60 bits per heavy atom. The molecule has 0 bridgehead atoms. The smallest absolute Gasteiger partial charge is 0.271 e. The van der Waals surface area contributed by atoms with E-state index in [2.05, 4.69) is 16.4 Å². The van der Waals surface area contributed by atoms with Gasteiger partial charge in [-0.3, -0.25) is 25.7 Å². The lowest BCUT2D eigenvalue weighted by Gasteiger charge is -2.03. The van der Waals surface area contributed by atoms with E-state index in [9.17, 15) is 20.2 Å². The van der Waals surface area contributed by atoms with Gasteiger partial charge in [0.1, 0.15) is 11.4 Å². The average molecular weight is 276 g/mol. The molecule has 104 valence electrons. The standard InChI is InChI=1S/C12H12N4O4/c1-3-5-9(4-2)13-14-11-7-6-10(15(17)18)8-12(11)16(19)20/h2,6-8,14H,3,5H2,1H3. The van der Waals surface area contributed by atoms with E-state index in [4.69, 9.17) is 6.42 Å². The van der Waals surface area contributed by atoms with Crippen LogP contribution < -0.4 is 5.43 Å². The van der Waals surface area contributed by atoms with E-state index in [0.717, 1.165) is 18.6 Å². The Balaban J connectivity index is 3.10. The van der Waals surface area contributed by atoms with Crippen LogP contribution in [0, 0.1) is 32.6 Å². The second kappa shape index (κ2) is 6.84. The first-order chi connectivity index (χ1) is 9.49. The predicted molar refractivity (Wildman–Crippen MR) is 74.5 cm³/mol. The van der Waals surface area contributed by atoms with Crippen molar-refractivity contribution in [1.29, 1.82) is 0 Å². The van der Waals surface area contributed by atoms with Crippen LogP contribution >= 0.6 is 0 Å². The Hall–Kier alpha value is -2.95. The van der Waals surface area contributed by atoms with Gasteiger partial charge >= 0.3 is 5.69 Å². The third-order valence-corrected chi connectivity index (χ3v) is 2.35. The van der Waals surface area contributed by atoms with Crippen molar-refractivity contribution in [2.75, 3.05) is 5.43 Å². The fourth-order valence-corrected chi connectivity index (χ4v) is 1.40. The molecule has 1 N–H and O–H groups in total. The van der Waals surface area contributed by atoms with Gasteiger partial charge in [0.25, 0.3) is 5.69 Å². The first kappa shape index (κ1) is 15.1. The highest BCUT2D eigenvalue weighted by Crippen LogP contribution is 2.28. The minimum Gasteiger partial charge on any atom is -0.271 e. The predicted octanol–water partition coefficient (Wildman–Crippen LogP) is 2.70. The largest absolute Gasteiger partial charge is 0.301 e. The molecule has 0 radical (unpaired) electrons. The van der Waals surface area contributed by atoms with Crippen molar-refractivity contribution in [3.63, 3.8) is 0 Å². The molecule has 0 amide bonds. The molecule has 20 heavy (non-hydrogen) atoms. The van der Waals surface area contributed by atoms with Gasteiger partial charge in [-0.05, 0) is 18.9 Å². The quantitative estimate of drug-likeness (QED) is 0.371. The molecule has 1 rings (SSSR count). The van der Waals surface area contributed by atoms with Gasteiger partial charge in [0.15, 0.2) is 0 Å². The number of benzene rings is 1. The van der Waals surface area contributed by atoms with Crippen LogP contribution in [-0.2, 0) is 0 Å². The third-order valence-electron chi connectivity index (χ3n) is 2.35. The van der Waals surface area contributed by atoms with E-state index in [1.807, 2.05) is 6.92 Å². The first-order valence-electron chi connectivity index (χ1n) is 5.71. The van der Waals surface area contributed by atoms with Crippen molar-refractivity contribution in [3.8, 4) is 12.3 Å². The first-order valence-corrected chi connectivity index (χ1v) is 5.71. The van der Waals surface area contributed by atoms with Gasteiger partial charge in [0.05, 0.1) is 15.9 Å². The summed E-state index contributed by atoms with van der Waals surface area (Å²) in [5, 5.41) is 25.4. The fraction of sp³-hybridized carbons (Fsp3) is 0.250. The van der Waals surface area contributed by atoms with Crippen LogP contribution in [0.3, 0.4) is 0 Å². The SMILES string of the molecule is C#CC(CCC)=NNc1ccc([N+](=O)[O-])cc1[N+](=O)[O-]. The molecule has 0 aromatic heterocycles. The molecule has 8 heteroatoms. The number of hydrazone groups is 1. The highest BCUT2D eigenvalue weighted by Gasteiger charge is 2.19. The molecular weight excluding hydrogens is 264 g/mol. The van der Waals surface area contributed by atoms with Gasteiger partial charge in [0.2, 0.25) is 0 Å². The zero-order valence-corrected chi connectivity index (χ0v) is 10.7. The molecule has 0 spiro atoms.